The molecule has 0 fully saturated rings. The van der Waals surface area contributed by atoms with Crippen LogP contribution in [-0.2, 0) is 9.53 Å². The Morgan fingerprint density at radius 3 is 2.71 bits per heavy atom. The van der Waals surface area contributed by atoms with Crippen molar-refractivity contribution in [2.45, 2.75) is 0 Å². The fourth-order valence-electron chi connectivity index (χ4n) is 1.91. The van der Waals surface area contributed by atoms with Crippen molar-refractivity contribution < 1.29 is 9.53 Å². The second-order valence-electron chi connectivity index (χ2n) is 4.40. The summed E-state index contributed by atoms with van der Waals surface area (Å²) in [4.78, 5) is 16.2. The first-order valence-electron chi connectivity index (χ1n) is 6.16. The largest absolute Gasteiger partial charge is 0.402 e. The van der Waals surface area contributed by atoms with Gasteiger partial charge in [0.1, 0.15) is 0 Å². The van der Waals surface area contributed by atoms with Crippen molar-refractivity contribution >= 4 is 56.5 Å². The van der Waals surface area contributed by atoms with Gasteiger partial charge in [0.2, 0.25) is 5.90 Å². The third-order valence-electron chi connectivity index (χ3n) is 2.84. The van der Waals surface area contributed by atoms with Crippen molar-refractivity contribution in [2.24, 2.45) is 4.99 Å². The molecule has 0 amide bonds. The van der Waals surface area contributed by atoms with Crippen LogP contribution in [-0.4, -0.2) is 11.9 Å². The molecule has 3 nitrogen and oxygen atoms in total. The second kappa shape index (κ2) is 6.11. The highest BCUT2D eigenvalue weighted by Gasteiger charge is 2.24. The Morgan fingerprint density at radius 2 is 1.95 bits per heavy atom. The first kappa shape index (κ1) is 14.5. The molecule has 0 spiro atoms. The number of hydrogen-bond acceptors (Lipinski definition) is 3. The van der Waals surface area contributed by atoms with E-state index in [4.69, 9.17) is 4.74 Å². The summed E-state index contributed by atoms with van der Waals surface area (Å²) in [6.45, 7) is 0. The predicted octanol–water partition coefficient (Wildman–Crippen LogP) is 4.40. The molecule has 0 atom stereocenters. The van der Waals surface area contributed by atoms with E-state index in [1.165, 1.54) is 0 Å². The number of esters is 1. The van der Waals surface area contributed by atoms with Gasteiger partial charge in [0, 0.05) is 13.6 Å². The van der Waals surface area contributed by atoms with Gasteiger partial charge in [-0.2, -0.15) is 0 Å². The van der Waals surface area contributed by atoms with E-state index < -0.39 is 5.97 Å². The molecule has 5 heteroatoms. The second-order valence-corrected chi connectivity index (χ2v) is 6.56. The van der Waals surface area contributed by atoms with Gasteiger partial charge in [0.25, 0.3) is 0 Å². The standard InChI is InChI=1S/C16H9BrINO2/c17-12-5-2-4-11(9-12)15-19-14(16(20)21-15)8-10-3-1-6-13(18)7-10/h1-9H/b14-8-. The summed E-state index contributed by atoms with van der Waals surface area (Å²) < 4.78 is 7.25. The molecule has 0 saturated carbocycles. The van der Waals surface area contributed by atoms with Crippen LogP contribution < -0.4 is 0 Å². The van der Waals surface area contributed by atoms with Crippen LogP contribution in [0.5, 0.6) is 0 Å². The van der Waals surface area contributed by atoms with Crippen LogP contribution in [0.25, 0.3) is 6.08 Å². The minimum Gasteiger partial charge on any atom is -0.402 e. The summed E-state index contributed by atoms with van der Waals surface area (Å²) in [5, 5.41) is 0. The summed E-state index contributed by atoms with van der Waals surface area (Å²) in [7, 11) is 0. The van der Waals surface area contributed by atoms with E-state index >= 15 is 0 Å². The lowest BCUT2D eigenvalue weighted by atomic mass is 10.2. The Kier molecular flexibility index (Phi) is 4.21. The third-order valence-corrected chi connectivity index (χ3v) is 4.01. The Balaban J connectivity index is 1.95. The van der Waals surface area contributed by atoms with E-state index in [-0.39, 0.29) is 0 Å². The maximum absolute atomic E-state index is 11.9. The molecular formula is C16H9BrINO2. The molecule has 1 aliphatic heterocycles. The summed E-state index contributed by atoms with van der Waals surface area (Å²) in [5.74, 6) is -0.0954. The van der Waals surface area contributed by atoms with Crippen LogP contribution in [0.4, 0.5) is 0 Å². The van der Waals surface area contributed by atoms with Gasteiger partial charge in [-0.3, -0.25) is 0 Å². The monoisotopic (exact) mass is 453 g/mol. The van der Waals surface area contributed by atoms with Crippen molar-refractivity contribution in [3.63, 3.8) is 0 Å². The Labute approximate surface area is 144 Å². The van der Waals surface area contributed by atoms with Gasteiger partial charge in [-0.1, -0.05) is 34.1 Å². The molecule has 1 heterocycles. The van der Waals surface area contributed by atoms with E-state index in [0.29, 0.717) is 11.6 Å². The quantitative estimate of drug-likeness (QED) is 0.384. The number of carbonyl (C=O) groups excluding carboxylic acids is 1. The molecule has 3 rings (SSSR count). The number of hydrogen-bond donors (Lipinski definition) is 0. The van der Waals surface area contributed by atoms with E-state index in [1.54, 1.807) is 6.08 Å². The minimum atomic E-state index is -0.427. The Morgan fingerprint density at radius 1 is 1.14 bits per heavy atom. The number of benzene rings is 2. The fourth-order valence-corrected chi connectivity index (χ4v) is 2.87. The van der Waals surface area contributed by atoms with Gasteiger partial charge in [-0.15, -0.1) is 0 Å². The van der Waals surface area contributed by atoms with Crippen LogP contribution in [0.15, 0.2) is 63.7 Å². The van der Waals surface area contributed by atoms with Gasteiger partial charge >= 0.3 is 5.97 Å². The number of aliphatic imine (C=N–C) groups is 1. The molecule has 104 valence electrons. The molecule has 0 saturated heterocycles. The van der Waals surface area contributed by atoms with Crippen LogP contribution in [0, 0.1) is 3.57 Å². The summed E-state index contributed by atoms with van der Waals surface area (Å²) in [6, 6.07) is 15.3. The molecule has 0 unspecified atom stereocenters. The van der Waals surface area contributed by atoms with Crippen molar-refractivity contribution in [1.29, 1.82) is 0 Å². The normalized spacial score (nSPS) is 16.0. The fraction of sp³-hybridized carbons (Fsp3) is 0. The number of halogens is 2. The average molecular weight is 454 g/mol. The first-order valence-corrected chi connectivity index (χ1v) is 8.03. The molecule has 2 aromatic carbocycles. The van der Waals surface area contributed by atoms with E-state index in [9.17, 15) is 4.79 Å². The molecule has 0 N–H and O–H groups in total. The smallest absolute Gasteiger partial charge is 0.363 e. The SMILES string of the molecule is O=C1OC(c2cccc(Br)c2)=N/C1=C\c1cccc(I)c1. The zero-order chi connectivity index (χ0) is 14.8. The summed E-state index contributed by atoms with van der Waals surface area (Å²) >= 11 is 5.62. The van der Waals surface area contributed by atoms with Gasteiger partial charge in [-0.05, 0) is 64.6 Å². The van der Waals surface area contributed by atoms with Crippen LogP contribution >= 0.6 is 38.5 Å². The maximum atomic E-state index is 11.9. The number of rotatable bonds is 2. The zero-order valence-corrected chi connectivity index (χ0v) is 14.5. The number of carbonyl (C=O) groups is 1. The number of nitrogens with zero attached hydrogens (tertiary/aromatic N) is 1. The minimum absolute atomic E-state index is 0.312. The average Bonchev–Trinajstić information content (AvgIpc) is 2.80. The van der Waals surface area contributed by atoms with E-state index in [1.807, 2.05) is 48.5 Å². The maximum Gasteiger partial charge on any atom is 0.363 e. The molecule has 0 bridgehead atoms. The molecule has 1 aliphatic rings. The summed E-state index contributed by atoms with van der Waals surface area (Å²) in [5.41, 5.74) is 2.00. The Hall–Kier alpha value is -1.47. The molecule has 0 aromatic heterocycles. The molecular weight excluding hydrogens is 445 g/mol. The van der Waals surface area contributed by atoms with Gasteiger partial charge < -0.3 is 4.74 Å². The first-order chi connectivity index (χ1) is 10.1. The van der Waals surface area contributed by atoms with Crippen LogP contribution in [0.3, 0.4) is 0 Å². The lowest BCUT2D eigenvalue weighted by molar-refractivity contribution is -0.129. The van der Waals surface area contributed by atoms with Crippen molar-refractivity contribution in [2.75, 3.05) is 0 Å². The van der Waals surface area contributed by atoms with Gasteiger partial charge in [0.05, 0.1) is 0 Å². The predicted molar refractivity (Wildman–Crippen MR) is 93.9 cm³/mol. The number of cyclic esters (lactones) is 1. The molecule has 0 aliphatic carbocycles. The lowest BCUT2D eigenvalue weighted by Gasteiger charge is -1.99. The molecule has 0 radical (unpaired) electrons. The van der Waals surface area contributed by atoms with Crippen LogP contribution in [0.2, 0.25) is 0 Å². The van der Waals surface area contributed by atoms with Crippen molar-refractivity contribution in [3.05, 3.63) is 73.4 Å². The topological polar surface area (TPSA) is 38.7 Å². The highest BCUT2D eigenvalue weighted by molar-refractivity contribution is 14.1. The van der Waals surface area contributed by atoms with Crippen LogP contribution in [0.1, 0.15) is 11.1 Å². The molecule has 2 aromatic rings. The van der Waals surface area contributed by atoms with E-state index in [2.05, 4.69) is 43.5 Å². The number of ether oxygens (including phenoxy) is 1. The van der Waals surface area contributed by atoms with E-state index in [0.717, 1.165) is 19.2 Å². The lowest BCUT2D eigenvalue weighted by Crippen LogP contribution is -2.05. The molecule has 21 heavy (non-hydrogen) atoms. The summed E-state index contributed by atoms with van der Waals surface area (Å²) in [6.07, 6.45) is 1.73. The highest BCUT2D eigenvalue weighted by Crippen LogP contribution is 2.21. The third kappa shape index (κ3) is 3.41. The van der Waals surface area contributed by atoms with Gasteiger partial charge in [0.15, 0.2) is 5.70 Å². The van der Waals surface area contributed by atoms with Crippen molar-refractivity contribution in [3.8, 4) is 0 Å². The zero-order valence-electron chi connectivity index (χ0n) is 10.7. The van der Waals surface area contributed by atoms with Crippen molar-refractivity contribution in [1.82, 2.24) is 0 Å². The Bertz CT molecular complexity index is 783. The highest BCUT2D eigenvalue weighted by atomic mass is 127. The van der Waals surface area contributed by atoms with Gasteiger partial charge in [-0.25, -0.2) is 9.79 Å².